The summed E-state index contributed by atoms with van der Waals surface area (Å²) in [5, 5.41) is 24.3. The Kier molecular flexibility index (Phi) is 8.93. The summed E-state index contributed by atoms with van der Waals surface area (Å²) in [6, 6.07) is 4.25. The maximum absolute atomic E-state index is 12.1. The lowest BCUT2D eigenvalue weighted by Crippen LogP contribution is -2.51. The predicted molar refractivity (Wildman–Crippen MR) is 94.4 cm³/mol. The first-order valence-electron chi connectivity index (χ1n) is 8.18. The van der Waals surface area contributed by atoms with Gasteiger partial charge < -0.3 is 30.9 Å². The molecule has 0 aromatic heterocycles. The summed E-state index contributed by atoms with van der Waals surface area (Å²) in [6.07, 6.45) is -1.95. The molecule has 0 unspecified atom stereocenters. The normalized spacial score (nSPS) is 12.2. The van der Waals surface area contributed by atoms with Gasteiger partial charge in [-0.05, 0) is 25.5 Å². The first-order valence-corrected chi connectivity index (χ1v) is 8.18. The predicted octanol–water partition coefficient (Wildman–Crippen LogP) is -0.159. The zero-order valence-corrected chi connectivity index (χ0v) is 15.0. The average molecular weight is 395 g/mol. The van der Waals surface area contributed by atoms with Crippen LogP contribution in [0.25, 0.3) is 0 Å². The molecule has 0 spiro atoms. The number of carboxylic acids is 2. The van der Waals surface area contributed by atoms with Crippen molar-refractivity contribution < 1.29 is 38.9 Å². The molecular weight excluding hydrogens is 374 g/mol. The standard InChI is InChI=1S/C17H21N3O8/c1-10-2-4-11(5-3-10)15(24)20-13(28-9-21)8-18-17(27)19-12(16(25)26)6-7-14(22)23/h2-5,9,12-13H,6-8H2,1H3,(H,20,24)(H,22,23)(H,25,26)(H2,18,19,27)/t12-,13+/m0/s1. The van der Waals surface area contributed by atoms with Crippen LogP contribution in [0.4, 0.5) is 4.79 Å². The van der Waals surface area contributed by atoms with Gasteiger partial charge in [0, 0.05) is 12.0 Å². The Morgan fingerprint density at radius 3 is 2.29 bits per heavy atom. The van der Waals surface area contributed by atoms with E-state index >= 15 is 0 Å². The van der Waals surface area contributed by atoms with Gasteiger partial charge in [0.2, 0.25) is 0 Å². The van der Waals surface area contributed by atoms with Crippen molar-refractivity contribution in [3.8, 4) is 0 Å². The van der Waals surface area contributed by atoms with E-state index in [1.54, 1.807) is 24.3 Å². The molecule has 0 aliphatic carbocycles. The van der Waals surface area contributed by atoms with Crippen LogP contribution in [0.1, 0.15) is 28.8 Å². The van der Waals surface area contributed by atoms with Crippen LogP contribution in [0.15, 0.2) is 24.3 Å². The second-order valence-corrected chi connectivity index (χ2v) is 5.74. The van der Waals surface area contributed by atoms with E-state index in [0.29, 0.717) is 5.56 Å². The maximum Gasteiger partial charge on any atom is 0.326 e. The van der Waals surface area contributed by atoms with Gasteiger partial charge in [-0.25, -0.2) is 9.59 Å². The molecule has 3 amide bonds. The molecule has 11 heteroatoms. The van der Waals surface area contributed by atoms with E-state index in [1.807, 2.05) is 6.92 Å². The lowest BCUT2D eigenvalue weighted by Gasteiger charge is -2.19. The Morgan fingerprint density at radius 1 is 1.11 bits per heavy atom. The van der Waals surface area contributed by atoms with Crippen LogP contribution in [0.5, 0.6) is 0 Å². The Balaban J connectivity index is 2.58. The summed E-state index contributed by atoms with van der Waals surface area (Å²) in [6.45, 7) is 1.60. The third kappa shape index (κ3) is 8.17. The summed E-state index contributed by atoms with van der Waals surface area (Å²) < 4.78 is 4.69. The van der Waals surface area contributed by atoms with Crippen LogP contribution in [0, 0.1) is 6.92 Å². The van der Waals surface area contributed by atoms with E-state index in [1.165, 1.54) is 0 Å². The number of ether oxygens (including phenoxy) is 1. The lowest BCUT2D eigenvalue weighted by atomic mass is 10.1. The molecule has 0 heterocycles. The van der Waals surface area contributed by atoms with Gasteiger partial charge in [0.15, 0.2) is 6.23 Å². The Morgan fingerprint density at radius 2 is 1.75 bits per heavy atom. The van der Waals surface area contributed by atoms with Gasteiger partial charge in [-0.3, -0.25) is 14.4 Å². The van der Waals surface area contributed by atoms with Gasteiger partial charge in [-0.1, -0.05) is 17.7 Å². The van der Waals surface area contributed by atoms with E-state index in [0.717, 1.165) is 5.56 Å². The highest BCUT2D eigenvalue weighted by Gasteiger charge is 2.22. The molecule has 0 aliphatic rings. The number of aryl methyl sites for hydroxylation is 1. The van der Waals surface area contributed by atoms with Gasteiger partial charge in [0.1, 0.15) is 6.04 Å². The molecule has 0 radical (unpaired) electrons. The Labute approximate surface area is 160 Å². The molecule has 0 saturated carbocycles. The molecule has 11 nitrogen and oxygen atoms in total. The van der Waals surface area contributed by atoms with Crippen LogP contribution in [-0.2, 0) is 19.1 Å². The summed E-state index contributed by atoms with van der Waals surface area (Å²) >= 11 is 0. The van der Waals surface area contributed by atoms with Crippen molar-refractivity contribution in [2.75, 3.05) is 6.54 Å². The quantitative estimate of drug-likeness (QED) is 0.254. The van der Waals surface area contributed by atoms with Crippen molar-refractivity contribution in [2.24, 2.45) is 0 Å². The van der Waals surface area contributed by atoms with E-state index in [-0.39, 0.29) is 19.4 Å². The summed E-state index contributed by atoms with van der Waals surface area (Å²) in [7, 11) is 0. The minimum absolute atomic E-state index is 0.0899. The van der Waals surface area contributed by atoms with Gasteiger partial charge in [0.05, 0.1) is 6.54 Å². The molecule has 0 bridgehead atoms. The molecule has 1 rings (SSSR count). The molecule has 0 aliphatic heterocycles. The third-order valence-corrected chi connectivity index (χ3v) is 3.52. The monoisotopic (exact) mass is 395 g/mol. The van der Waals surface area contributed by atoms with Crippen LogP contribution < -0.4 is 16.0 Å². The van der Waals surface area contributed by atoms with E-state index < -0.39 is 42.6 Å². The number of carbonyl (C=O) groups is 5. The van der Waals surface area contributed by atoms with E-state index in [9.17, 15) is 24.0 Å². The minimum atomic E-state index is -1.41. The van der Waals surface area contributed by atoms with Crippen LogP contribution in [-0.4, -0.2) is 59.4 Å². The zero-order valence-electron chi connectivity index (χ0n) is 15.0. The minimum Gasteiger partial charge on any atom is -0.481 e. The topological polar surface area (TPSA) is 171 Å². The summed E-state index contributed by atoms with van der Waals surface area (Å²) in [5.41, 5.74) is 1.26. The third-order valence-electron chi connectivity index (χ3n) is 3.52. The summed E-state index contributed by atoms with van der Waals surface area (Å²) in [5.74, 6) is -3.14. The average Bonchev–Trinajstić information content (AvgIpc) is 2.63. The molecule has 0 fully saturated rings. The van der Waals surface area contributed by atoms with Crippen LogP contribution in [0.2, 0.25) is 0 Å². The van der Waals surface area contributed by atoms with Crippen LogP contribution >= 0.6 is 0 Å². The molecule has 1 aromatic rings. The second kappa shape index (κ2) is 11.2. The fraction of sp³-hybridized carbons (Fsp3) is 0.353. The zero-order chi connectivity index (χ0) is 21.1. The van der Waals surface area contributed by atoms with E-state index in [4.69, 9.17) is 14.9 Å². The molecule has 0 saturated heterocycles. The number of rotatable bonds is 11. The molecule has 152 valence electrons. The molecular formula is C17H21N3O8. The summed E-state index contributed by atoms with van der Waals surface area (Å²) in [4.78, 5) is 56.1. The number of nitrogens with one attached hydrogen (secondary N) is 3. The number of carboxylic acid groups (broad SMARTS) is 2. The Hall–Kier alpha value is -3.63. The molecule has 2 atom stereocenters. The second-order valence-electron chi connectivity index (χ2n) is 5.74. The maximum atomic E-state index is 12.1. The number of hydrogen-bond acceptors (Lipinski definition) is 6. The first-order chi connectivity index (χ1) is 13.2. The van der Waals surface area contributed by atoms with Crippen molar-refractivity contribution in [3.05, 3.63) is 35.4 Å². The molecule has 5 N–H and O–H groups in total. The van der Waals surface area contributed by atoms with Gasteiger partial charge >= 0.3 is 18.0 Å². The number of aliphatic carboxylic acids is 2. The van der Waals surface area contributed by atoms with Gasteiger partial charge in [-0.15, -0.1) is 0 Å². The number of urea groups is 1. The number of amides is 3. The SMILES string of the molecule is Cc1ccc(C(=O)N[C@@H](CNC(=O)N[C@@H](CCC(=O)O)C(=O)O)OC=O)cc1. The highest BCUT2D eigenvalue weighted by molar-refractivity contribution is 5.94. The van der Waals surface area contributed by atoms with Gasteiger partial charge in [0.25, 0.3) is 12.4 Å². The first kappa shape index (κ1) is 22.4. The van der Waals surface area contributed by atoms with Crippen molar-refractivity contribution >= 4 is 30.3 Å². The number of carbonyl (C=O) groups excluding carboxylic acids is 3. The van der Waals surface area contributed by atoms with Crippen LogP contribution in [0.3, 0.4) is 0 Å². The van der Waals surface area contributed by atoms with Crippen molar-refractivity contribution in [3.63, 3.8) is 0 Å². The highest BCUT2D eigenvalue weighted by atomic mass is 16.5. The smallest absolute Gasteiger partial charge is 0.326 e. The number of benzene rings is 1. The van der Waals surface area contributed by atoms with E-state index in [2.05, 4.69) is 16.0 Å². The lowest BCUT2D eigenvalue weighted by molar-refractivity contribution is -0.140. The Bertz CT molecular complexity index is 720. The van der Waals surface area contributed by atoms with Crippen molar-refractivity contribution in [1.82, 2.24) is 16.0 Å². The fourth-order valence-electron chi connectivity index (χ4n) is 2.05. The molecule has 28 heavy (non-hydrogen) atoms. The highest BCUT2D eigenvalue weighted by Crippen LogP contribution is 2.03. The van der Waals surface area contributed by atoms with Gasteiger partial charge in [-0.2, -0.15) is 0 Å². The molecule has 1 aromatic carbocycles. The number of hydrogen-bond donors (Lipinski definition) is 5. The fourth-order valence-corrected chi connectivity index (χ4v) is 2.05. The van der Waals surface area contributed by atoms with Crippen molar-refractivity contribution in [1.29, 1.82) is 0 Å². The van der Waals surface area contributed by atoms with Crippen molar-refractivity contribution in [2.45, 2.75) is 32.0 Å². The largest absolute Gasteiger partial charge is 0.481 e.